The Labute approximate surface area is 235 Å². The average molecular weight is 537 g/mol. The number of carboxylic acid groups (broad SMARTS) is 1. The van der Waals surface area contributed by atoms with E-state index in [0.29, 0.717) is 12.2 Å². The smallest absolute Gasteiger partial charge is 0.345 e. The SMILES string of the molecule is Cc1sc2cc3ccccc3c(-c3cc(C(C)C)c(O[C@H](Cc4ccccc4)C(=O)O)c(C(C)C)c3)c2c1C. The van der Waals surface area contributed by atoms with E-state index in [2.05, 4.69) is 84.0 Å². The molecule has 3 nitrogen and oxygen atoms in total. The van der Waals surface area contributed by atoms with Crippen LogP contribution in [0.15, 0.2) is 72.8 Å². The number of ether oxygens (including phenoxy) is 1. The summed E-state index contributed by atoms with van der Waals surface area (Å²) in [6.07, 6.45) is -0.663. The molecule has 0 saturated carbocycles. The lowest BCUT2D eigenvalue weighted by Gasteiger charge is -2.25. The Hall–Kier alpha value is -3.63. The summed E-state index contributed by atoms with van der Waals surface area (Å²) in [7, 11) is 0. The number of rotatable bonds is 8. The Morgan fingerprint density at radius 1 is 0.872 bits per heavy atom. The van der Waals surface area contributed by atoms with Crippen LogP contribution in [0.25, 0.3) is 32.0 Å². The van der Waals surface area contributed by atoms with Crippen molar-refractivity contribution in [3.63, 3.8) is 0 Å². The second-order valence-corrected chi connectivity index (χ2v) is 12.3. The van der Waals surface area contributed by atoms with Crippen LogP contribution >= 0.6 is 11.3 Å². The molecule has 0 spiro atoms. The first-order valence-electron chi connectivity index (χ1n) is 13.7. The molecular formula is C35H36O3S. The number of carboxylic acids is 1. The van der Waals surface area contributed by atoms with E-state index >= 15 is 0 Å². The van der Waals surface area contributed by atoms with E-state index in [-0.39, 0.29) is 11.8 Å². The van der Waals surface area contributed by atoms with Crippen molar-refractivity contribution in [2.45, 2.75) is 65.9 Å². The fraction of sp³-hybridized carbons (Fsp3) is 0.286. The third kappa shape index (κ3) is 5.18. The Balaban J connectivity index is 1.74. The van der Waals surface area contributed by atoms with Gasteiger partial charge in [0.25, 0.3) is 0 Å². The van der Waals surface area contributed by atoms with Crippen LogP contribution in [0.1, 0.15) is 66.7 Å². The van der Waals surface area contributed by atoms with Gasteiger partial charge in [-0.25, -0.2) is 4.79 Å². The van der Waals surface area contributed by atoms with Crippen LogP contribution in [0.4, 0.5) is 0 Å². The first kappa shape index (κ1) is 27.0. The summed E-state index contributed by atoms with van der Waals surface area (Å²) in [5.74, 6) is 0.0630. The molecule has 4 aromatic carbocycles. The third-order valence-corrected chi connectivity index (χ3v) is 8.81. The molecule has 0 aliphatic carbocycles. The van der Waals surface area contributed by atoms with Crippen molar-refractivity contribution < 1.29 is 14.6 Å². The highest BCUT2D eigenvalue weighted by Gasteiger charge is 2.26. The van der Waals surface area contributed by atoms with Crippen molar-refractivity contribution in [3.05, 3.63) is 99.9 Å². The van der Waals surface area contributed by atoms with Gasteiger partial charge in [-0.2, -0.15) is 0 Å². The topological polar surface area (TPSA) is 46.5 Å². The molecule has 1 aromatic heterocycles. The van der Waals surface area contributed by atoms with Crippen molar-refractivity contribution >= 4 is 38.2 Å². The van der Waals surface area contributed by atoms with Crippen LogP contribution in [-0.2, 0) is 11.2 Å². The summed E-state index contributed by atoms with van der Waals surface area (Å²) in [6, 6.07) is 25.1. The molecule has 0 fully saturated rings. The van der Waals surface area contributed by atoms with E-state index in [4.69, 9.17) is 4.74 Å². The van der Waals surface area contributed by atoms with Crippen molar-refractivity contribution in [3.8, 4) is 16.9 Å². The van der Waals surface area contributed by atoms with Gasteiger partial charge in [0.15, 0.2) is 6.10 Å². The van der Waals surface area contributed by atoms with Crippen LogP contribution in [0.3, 0.4) is 0 Å². The standard InChI is InChI=1S/C35H36O3S/c1-20(2)28-17-26(33-27-15-11-10-14-25(27)19-31-32(33)22(5)23(6)39-31)18-29(21(3)4)34(28)38-30(35(36)37)16-24-12-8-7-9-13-24/h7-15,17-21,30H,16H2,1-6H3,(H,36,37)/t30-/m1/s1. The minimum atomic E-state index is -0.973. The maximum absolute atomic E-state index is 12.4. The summed E-state index contributed by atoms with van der Waals surface area (Å²) >= 11 is 1.85. The van der Waals surface area contributed by atoms with E-state index in [0.717, 1.165) is 22.3 Å². The lowest BCUT2D eigenvalue weighted by molar-refractivity contribution is -0.145. The van der Waals surface area contributed by atoms with Crippen molar-refractivity contribution in [2.24, 2.45) is 0 Å². The molecule has 4 heteroatoms. The number of thiophene rings is 1. The Kier molecular flexibility index (Phi) is 7.51. The van der Waals surface area contributed by atoms with E-state index in [1.54, 1.807) is 0 Å². The van der Waals surface area contributed by atoms with Gasteiger partial charge >= 0.3 is 5.97 Å². The van der Waals surface area contributed by atoms with Gasteiger partial charge in [0, 0.05) is 21.4 Å². The predicted octanol–water partition coefficient (Wildman–Crippen LogP) is 9.66. The largest absolute Gasteiger partial charge is 0.478 e. The summed E-state index contributed by atoms with van der Waals surface area (Å²) in [6.45, 7) is 13.0. The lowest BCUT2D eigenvalue weighted by atomic mass is 9.86. The monoisotopic (exact) mass is 536 g/mol. The van der Waals surface area contributed by atoms with Crippen molar-refractivity contribution in [1.82, 2.24) is 0 Å². The number of aryl methyl sites for hydroxylation is 2. The number of hydrogen-bond acceptors (Lipinski definition) is 3. The second-order valence-electron chi connectivity index (χ2n) is 11.1. The highest BCUT2D eigenvalue weighted by atomic mass is 32.1. The fourth-order valence-corrected chi connectivity index (χ4v) is 6.58. The molecular weight excluding hydrogens is 500 g/mol. The number of fused-ring (bicyclic) bond motifs is 2. The molecule has 0 saturated heterocycles. The van der Waals surface area contributed by atoms with Gasteiger partial charge < -0.3 is 9.84 Å². The van der Waals surface area contributed by atoms with Gasteiger partial charge in [-0.05, 0) is 88.0 Å². The van der Waals surface area contributed by atoms with Crippen LogP contribution in [0, 0.1) is 13.8 Å². The van der Waals surface area contributed by atoms with Crippen molar-refractivity contribution in [2.75, 3.05) is 0 Å². The number of aliphatic carboxylic acids is 1. The molecule has 5 aromatic rings. The summed E-state index contributed by atoms with van der Waals surface area (Å²) in [5.41, 5.74) is 6.76. The number of hydrogen-bond donors (Lipinski definition) is 1. The highest BCUT2D eigenvalue weighted by Crippen LogP contribution is 2.46. The minimum Gasteiger partial charge on any atom is -0.478 e. The lowest BCUT2D eigenvalue weighted by Crippen LogP contribution is -2.30. The van der Waals surface area contributed by atoms with Crippen LogP contribution < -0.4 is 4.74 Å². The van der Waals surface area contributed by atoms with E-state index < -0.39 is 12.1 Å². The zero-order valence-electron chi connectivity index (χ0n) is 23.5. The number of benzene rings is 4. The zero-order valence-corrected chi connectivity index (χ0v) is 24.4. The van der Waals surface area contributed by atoms with Gasteiger partial charge in [-0.15, -0.1) is 11.3 Å². The van der Waals surface area contributed by atoms with Gasteiger partial charge in [-0.1, -0.05) is 82.3 Å². The fourth-order valence-electron chi connectivity index (χ4n) is 5.45. The molecule has 0 aliphatic heterocycles. The Morgan fingerprint density at radius 2 is 1.49 bits per heavy atom. The molecule has 0 amide bonds. The molecule has 0 aliphatic rings. The average Bonchev–Trinajstić information content (AvgIpc) is 3.19. The molecule has 39 heavy (non-hydrogen) atoms. The molecule has 1 atom stereocenters. The second kappa shape index (κ2) is 10.9. The minimum absolute atomic E-state index is 0.152. The molecule has 1 N–H and O–H groups in total. The van der Waals surface area contributed by atoms with Gasteiger partial charge in [0.1, 0.15) is 5.75 Å². The zero-order chi connectivity index (χ0) is 27.8. The van der Waals surface area contributed by atoms with E-state index in [9.17, 15) is 9.90 Å². The Morgan fingerprint density at radius 3 is 2.10 bits per heavy atom. The third-order valence-electron chi connectivity index (χ3n) is 7.66. The highest BCUT2D eigenvalue weighted by molar-refractivity contribution is 7.19. The van der Waals surface area contributed by atoms with Gasteiger partial charge in [0.2, 0.25) is 0 Å². The molecule has 1 heterocycles. The summed E-state index contributed by atoms with van der Waals surface area (Å²) in [5, 5.41) is 13.9. The Bertz CT molecular complexity index is 1630. The number of carbonyl (C=O) groups is 1. The van der Waals surface area contributed by atoms with Crippen LogP contribution in [0.2, 0.25) is 0 Å². The van der Waals surface area contributed by atoms with Gasteiger partial charge in [-0.3, -0.25) is 0 Å². The first-order chi connectivity index (χ1) is 18.7. The maximum Gasteiger partial charge on any atom is 0.345 e. The molecule has 5 rings (SSSR count). The molecule has 0 radical (unpaired) electrons. The van der Waals surface area contributed by atoms with Gasteiger partial charge in [0.05, 0.1) is 0 Å². The van der Waals surface area contributed by atoms with Crippen LogP contribution in [0.5, 0.6) is 5.75 Å². The van der Waals surface area contributed by atoms with E-state index in [1.165, 1.54) is 36.9 Å². The van der Waals surface area contributed by atoms with Crippen molar-refractivity contribution in [1.29, 1.82) is 0 Å². The van der Waals surface area contributed by atoms with Crippen LogP contribution in [-0.4, -0.2) is 17.2 Å². The normalized spacial score (nSPS) is 12.5. The quantitative estimate of drug-likeness (QED) is 0.215. The molecule has 200 valence electrons. The first-order valence-corrected chi connectivity index (χ1v) is 14.5. The summed E-state index contributed by atoms with van der Waals surface area (Å²) in [4.78, 5) is 13.7. The molecule has 0 unspecified atom stereocenters. The molecule has 0 bridgehead atoms. The summed E-state index contributed by atoms with van der Waals surface area (Å²) < 4.78 is 7.76. The van der Waals surface area contributed by atoms with E-state index in [1.807, 2.05) is 41.7 Å². The predicted molar refractivity (Wildman–Crippen MR) is 165 cm³/mol. The maximum atomic E-state index is 12.4.